The van der Waals surface area contributed by atoms with Gasteiger partial charge in [-0.1, -0.05) is 0 Å². The molecule has 4 heteroatoms. The standard InChI is InChI=1S/C9H6BrN3/c1-5-7-2-6(4-11)3-8(10)9(7)13-12-5/h2-3H,1H3,(H,12,13). The number of benzene rings is 1. The molecule has 2 rings (SSSR count). The molecule has 0 unspecified atom stereocenters. The number of fused-ring (bicyclic) bond motifs is 1. The van der Waals surface area contributed by atoms with Gasteiger partial charge in [-0.15, -0.1) is 0 Å². The van der Waals surface area contributed by atoms with Crippen LogP contribution in [0.2, 0.25) is 0 Å². The van der Waals surface area contributed by atoms with Gasteiger partial charge in [0, 0.05) is 15.6 Å². The van der Waals surface area contributed by atoms with Crippen LogP contribution in [0.15, 0.2) is 16.6 Å². The SMILES string of the molecule is Cc1[nH]nc2c(Br)cc(C#N)cc12. The van der Waals surface area contributed by atoms with E-state index in [1.807, 2.05) is 13.0 Å². The van der Waals surface area contributed by atoms with E-state index < -0.39 is 0 Å². The zero-order valence-electron chi connectivity index (χ0n) is 6.93. The number of halogens is 1. The summed E-state index contributed by atoms with van der Waals surface area (Å²) in [5, 5.41) is 16.7. The lowest BCUT2D eigenvalue weighted by Crippen LogP contribution is -1.77. The second-order valence-electron chi connectivity index (χ2n) is 2.81. The molecule has 0 spiro atoms. The second-order valence-corrected chi connectivity index (χ2v) is 3.67. The van der Waals surface area contributed by atoms with Crippen LogP contribution in [0.5, 0.6) is 0 Å². The fourth-order valence-electron chi connectivity index (χ4n) is 1.26. The molecule has 0 amide bonds. The molecule has 1 N–H and O–H groups in total. The van der Waals surface area contributed by atoms with Gasteiger partial charge >= 0.3 is 0 Å². The molecule has 64 valence electrons. The number of hydrogen-bond acceptors (Lipinski definition) is 2. The van der Waals surface area contributed by atoms with E-state index in [1.165, 1.54) is 0 Å². The van der Waals surface area contributed by atoms with E-state index in [9.17, 15) is 0 Å². The maximum Gasteiger partial charge on any atom is 0.107 e. The first-order valence-corrected chi connectivity index (χ1v) is 4.56. The number of aromatic amines is 1. The van der Waals surface area contributed by atoms with Gasteiger partial charge < -0.3 is 0 Å². The molecule has 0 aliphatic rings. The molecule has 0 atom stereocenters. The summed E-state index contributed by atoms with van der Waals surface area (Å²) in [6, 6.07) is 5.70. The van der Waals surface area contributed by atoms with Crippen molar-refractivity contribution in [1.82, 2.24) is 10.2 Å². The second kappa shape index (κ2) is 2.86. The summed E-state index contributed by atoms with van der Waals surface area (Å²) in [7, 11) is 0. The molecular formula is C9H6BrN3. The molecule has 1 aromatic carbocycles. The number of aromatic nitrogens is 2. The monoisotopic (exact) mass is 235 g/mol. The molecule has 0 fully saturated rings. The molecule has 0 aliphatic carbocycles. The maximum absolute atomic E-state index is 8.75. The molecule has 0 aliphatic heterocycles. The highest BCUT2D eigenvalue weighted by Crippen LogP contribution is 2.25. The number of hydrogen-bond donors (Lipinski definition) is 1. The minimum absolute atomic E-state index is 0.642. The quantitative estimate of drug-likeness (QED) is 0.763. The van der Waals surface area contributed by atoms with Crippen LogP contribution in [0.1, 0.15) is 11.3 Å². The van der Waals surface area contributed by atoms with Gasteiger partial charge in [0.15, 0.2) is 0 Å². The Morgan fingerprint density at radius 1 is 1.54 bits per heavy atom. The summed E-state index contributed by atoms with van der Waals surface area (Å²) in [6.07, 6.45) is 0. The third kappa shape index (κ3) is 1.21. The molecule has 0 radical (unpaired) electrons. The lowest BCUT2D eigenvalue weighted by Gasteiger charge is -1.94. The van der Waals surface area contributed by atoms with Crippen LogP contribution in [0.4, 0.5) is 0 Å². The minimum atomic E-state index is 0.642. The summed E-state index contributed by atoms with van der Waals surface area (Å²) in [5.74, 6) is 0. The third-order valence-corrected chi connectivity index (χ3v) is 2.54. The minimum Gasteiger partial charge on any atom is -0.282 e. The lowest BCUT2D eigenvalue weighted by atomic mass is 10.1. The van der Waals surface area contributed by atoms with Gasteiger partial charge in [0.25, 0.3) is 0 Å². The van der Waals surface area contributed by atoms with Gasteiger partial charge in [0.2, 0.25) is 0 Å². The Bertz CT molecular complexity index is 507. The summed E-state index contributed by atoms with van der Waals surface area (Å²) >= 11 is 3.37. The Labute approximate surface area is 83.5 Å². The van der Waals surface area contributed by atoms with Crippen molar-refractivity contribution in [2.45, 2.75) is 6.92 Å². The number of rotatable bonds is 0. The van der Waals surface area contributed by atoms with E-state index in [-0.39, 0.29) is 0 Å². The molecule has 2 aromatic rings. The van der Waals surface area contributed by atoms with Crippen LogP contribution in [0.3, 0.4) is 0 Å². The van der Waals surface area contributed by atoms with Gasteiger partial charge in [-0.05, 0) is 35.0 Å². The van der Waals surface area contributed by atoms with Crippen LogP contribution >= 0.6 is 15.9 Å². The number of H-pyrrole nitrogens is 1. The largest absolute Gasteiger partial charge is 0.282 e. The van der Waals surface area contributed by atoms with Crippen LogP contribution in [0.25, 0.3) is 10.9 Å². The number of aryl methyl sites for hydroxylation is 1. The highest BCUT2D eigenvalue weighted by Gasteiger charge is 2.06. The smallest absolute Gasteiger partial charge is 0.107 e. The summed E-state index contributed by atoms with van der Waals surface area (Å²) in [4.78, 5) is 0. The number of nitrogens with zero attached hydrogens (tertiary/aromatic N) is 2. The molecule has 0 saturated heterocycles. The predicted molar refractivity (Wildman–Crippen MR) is 53.2 cm³/mol. The first-order chi connectivity index (χ1) is 6.22. The summed E-state index contributed by atoms with van der Waals surface area (Å²) in [6.45, 7) is 1.93. The molecule has 1 aromatic heterocycles. The van der Waals surface area contributed by atoms with Gasteiger partial charge in [-0.3, -0.25) is 5.10 Å². The lowest BCUT2D eigenvalue weighted by molar-refractivity contribution is 1.07. The number of nitrogens with one attached hydrogen (secondary N) is 1. The molecule has 0 saturated carbocycles. The fourth-order valence-corrected chi connectivity index (χ4v) is 1.81. The van der Waals surface area contributed by atoms with Crippen molar-refractivity contribution in [2.24, 2.45) is 0 Å². The molecule has 0 bridgehead atoms. The van der Waals surface area contributed by atoms with Crippen molar-refractivity contribution in [1.29, 1.82) is 5.26 Å². The Morgan fingerprint density at radius 2 is 2.31 bits per heavy atom. The van der Waals surface area contributed by atoms with Crippen molar-refractivity contribution in [3.8, 4) is 6.07 Å². The van der Waals surface area contributed by atoms with Crippen molar-refractivity contribution in [2.75, 3.05) is 0 Å². The normalized spacial score (nSPS) is 10.2. The predicted octanol–water partition coefficient (Wildman–Crippen LogP) is 2.51. The number of nitriles is 1. The first-order valence-electron chi connectivity index (χ1n) is 3.76. The van der Waals surface area contributed by atoms with E-state index in [1.54, 1.807) is 6.07 Å². The maximum atomic E-state index is 8.75. The molecule has 3 nitrogen and oxygen atoms in total. The van der Waals surface area contributed by atoms with Crippen LogP contribution in [0, 0.1) is 18.3 Å². The van der Waals surface area contributed by atoms with E-state index in [2.05, 4.69) is 32.2 Å². The highest BCUT2D eigenvalue weighted by molar-refractivity contribution is 9.10. The van der Waals surface area contributed by atoms with Gasteiger partial charge in [-0.25, -0.2) is 0 Å². The van der Waals surface area contributed by atoms with E-state index >= 15 is 0 Å². The van der Waals surface area contributed by atoms with E-state index in [4.69, 9.17) is 5.26 Å². The average molecular weight is 236 g/mol. The van der Waals surface area contributed by atoms with Crippen LogP contribution in [-0.4, -0.2) is 10.2 Å². The Morgan fingerprint density at radius 3 is 3.00 bits per heavy atom. The fraction of sp³-hybridized carbons (Fsp3) is 0.111. The highest BCUT2D eigenvalue weighted by atomic mass is 79.9. The van der Waals surface area contributed by atoms with Crippen molar-refractivity contribution < 1.29 is 0 Å². The summed E-state index contributed by atoms with van der Waals surface area (Å²) < 4.78 is 0.853. The zero-order valence-corrected chi connectivity index (χ0v) is 8.51. The topological polar surface area (TPSA) is 52.5 Å². The first kappa shape index (κ1) is 8.27. The van der Waals surface area contributed by atoms with E-state index in [0.717, 1.165) is 21.1 Å². The average Bonchev–Trinajstić information content (AvgIpc) is 2.48. The van der Waals surface area contributed by atoms with Crippen LogP contribution < -0.4 is 0 Å². The van der Waals surface area contributed by atoms with Crippen molar-refractivity contribution in [3.05, 3.63) is 27.9 Å². The Hall–Kier alpha value is -1.34. The molecule has 1 heterocycles. The summed E-state index contributed by atoms with van der Waals surface area (Å²) in [5.41, 5.74) is 2.49. The van der Waals surface area contributed by atoms with E-state index in [0.29, 0.717) is 5.56 Å². The third-order valence-electron chi connectivity index (χ3n) is 1.93. The van der Waals surface area contributed by atoms with Gasteiger partial charge in [0.1, 0.15) is 5.52 Å². The molecule has 13 heavy (non-hydrogen) atoms. The Balaban J connectivity index is 2.90. The van der Waals surface area contributed by atoms with Crippen LogP contribution in [-0.2, 0) is 0 Å². The van der Waals surface area contributed by atoms with Gasteiger partial charge in [0.05, 0.1) is 11.6 Å². The molecular weight excluding hydrogens is 230 g/mol. The van der Waals surface area contributed by atoms with Crippen molar-refractivity contribution >= 4 is 26.8 Å². The Kier molecular flexibility index (Phi) is 1.82. The zero-order chi connectivity index (χ0) is 9.42. The van der Waals surface area contributed by atoms with Crippen molar-refractivity contribution in [3.63, 3.8) is 0 Å². The van der Waals surface area contributed by atoms with Gasteiger partial charge in [-0.2, -0.15) is 10.4 Å².